The lowest BCUT2D eigenvalue weighted by atomic mass is 10.1. The fourth-order valence-electron chi connectivity index (χ4n) is 1.75. The largest absolute Gasteiger partial charge is 0.308 e. The average Bonchev–Trinajstić information content (AvgIpc) is 2.40. The molecule has 1 aromatic carbocycles. The highest BCUT2D eigenvalue weighted by Gasteiger charge is 2.09. The van der Waals surface area contributed by atoms with Gasteiger partial charge in [0, 0.05) is 36.1 Å². The summed E-state index contributed by atoms with van der Waals surface area (Å²) in [6.07, 6.45) is 3.62. The predicted molar refractivity (Wildman–Crippen MR) is 81.0 cm³/mol. The number of hydrogen-bond acceptors (Lipinski definition) is 2. The summed E-state index contributed by atoms with van der Waals surface area (Å²) >= 11 is 18.2. The molecule has 1 heterocycles. The van der Waals surface area contributed by atoms with Gasteiger partial charge in [0.05, 0.1) is 10.0 Å². The van der Waals surface area contributed by atoms with Crippen molar-refractivity contribution in [3.8, 4) is 0 Å². The molecule has 0 saturated carbocycles. The van der Waals surface area contributed by atoms with Crippen molar-refractivity contribution in [2.75, 3.05) is 0 Å². The molecular weight excluding hydrogens is 303 g/mol. The molecule has 2 rings (SSSR count). The van der Waals surface area contributed by atoms with Crippen LogP contribution in [-0.2, 0) is 13.1 Å². The summed E-state index contributed by atoms with van der Waals surface area (Å²) in [7, 11) is 0. The lowest BCUT2D eigenvalue weighted by Gasteiger charge is -2.11. The van der Waals surface area contributed by atoms with Gasteiger partial charge >= 0.3 is 0 Å². The molecule has 0 saturated heterocycles. The van der Waals surface area contributed by atoms with Crippen molar-refractivity contribution in [3.63, 3.8) is 0 Å². The zero-order valence-corrected chi connectivity index (χ0v) is 12.6. The lowest BCUT2D eigenvalue weighted by Crippen LogP contribution is -2.14. The molecule has 0 amide bonds. The molecule has 0 aliphatic rings. The molecule has 100 valence electrons. The number of hydrogen-bond donors (Lipinski definition) is 1. The first-order chi connectivity index (χ1) is 9.09. The van der Waals surface area contributed by atoms with Gasteiger partial charge in [-0.1, -0.05) is 34.8 Å². The first kappa shape index (κ1) is 14.6. The van der Waals surface area contributed by atoms with E-state index in [0.717, 1.165) is 17.7 Å². The maximum Gasteiger partial charge on any atom is 0.0652 e. The van der Waals surface area contributed by atoms with Crippen LogP contribution in [-0.4, -0.2) is 4.98 Å². The smallest absolute Gasteiger partial charge is 0.0652 e. The molecule has 19 heavy (non-hydrogen) atoms. The summed E-state index contributed by atoms with van der Waals surface area (Å²) < 4.78 is 0. The number of pyridine rings is 1. The Morgan fingerprint density at radius 1 is 1.05 bits per heavy atom. The predicted octanol–water partition coefficient (Wildman–Crippen LogP) is 4.64. The van der Waals surface area contributed by atoms with Crippen LogP contribution in [0, 0.1) is 6.92 Å². The van der Waals surface area contributed by atoms with Crippen LogP contribution < -0.4 is 5.32 Å². The van der Waals surface area contributed by atoms with Gasteiger partial charge in [-0.15, -0.1) is 0 Å². The van der Waals surface area contributed by atoms with Gasteiger partial charge in [0.25, 0.3) is 0 Å². The van der Waals surface area contributed by atoms with Gasteiger partial charge in [-0.05, 0) is 36.2 Å². The van der Waals surface area contributed by atoms with Gasteiger partial charge in [0.1, 0.15) is 0 Å². The molecule has 1 N–H and O–H groups in total. The number of aryl methyl sites for hydroxylation is 1. The van der Waals surface area contributed by atoms with Crippen LogP contribution in [0.15, 0.2) is 30.6 Å². The van der Waals surface area contributed by atoms with Crippen molar-refractivity contribution in [1.82, 2.24) is 10.3 Å². The van der Waals surface area contributed by atoms with Gasteiger partial charge in [-0.25, -0.2) is 0 Å². The minimum Gasteiger partial charge on any atom is -0.308 e. The van der Waals surface area contributed by atoms with Crippen molar-refractivity contribution in [3.05, 3.63) is 62.4 Å². The Hall–Kier alpha value is -0.800. The Morgan fingerprint density at radius 3 is 2.53 bits per heavy atom. The van der Waals surface area contributed by atoms with Crippen LogP contribution in [0.2, 0.25) is 15.1 Å². The molecule has 0 unspecified atom stereocenters. The molecule has 2 nitrogen and oxygen atoms in total. The van der Waals surface area contributed by atoms with Crippen molar-refractivity contribution < 1.29 is 0 Å². The fourth-order valence-corrected chi connectivity index (χ4v) is 2.44. The maximum atomic E-state index is 6.15. The van der Waals surface area contributed by atoms with E-state index in [4.69, 9.17) is 34.8 Å². The third-order valence-electron chi connectivity index (χ3n) is 2.89. The van der Waals surface area contributed by atoms with Crippen LogP contribution >= 0.6 is 34.8 Å². The number of rotatable bonds is 4. The highest BCUT2D eigenvalue weighted by atomic mass is 35.5. The first-order valence-electron chi connectivity index (χ1n) is 5.82. The molecule has 0 aliphatic heterocycles. The molecule has 0 atom stereocenters. The molecular formula is C14H13Cl3N2. The van der Waals surface area contributed by atoms with Crippen LogP contribution in [0.25, 0.3) is 0 Å². The Labute approximate surface area is 127 Å². The van der Waals surface area contributed by atoms with E-state index in [1.54, 1.807) is 18.3 Å². The minimum atomic E-state index is 0.508. The van der Waals surface area contributed by atoms with E-state index in [0.29, 0.717) is 21.6 Å². The third kappa shape index (κ3) is 3.61. The summed E-state index contributed by atoms with van der Waals surface area (Å²) in [5, 5.41) is 4.96. The van der Waals surface area contributed by atoms with Gasteiger partial charge < -0.3 is 5.32 Å². The van der Waals surface area contributed by atoms with E-state index in [2.05, 4.69) is 10.3 Å². The molecule has 1 aromatic heterocycles. The topological polar surface area (TPSA) is 24.9 Å². The molecule has 0 aliphatic carbocycles. The van der Waals surface area contributed by atoms with Gasteiger partial charge in [0.2, 0.25) is 0 Å². The van der Waals surface area contributed by atoms with Crippen LogP contribution in [0.1, 0.15) is 16.7 Å². The summed E-state index contributed by atoms with van der Waals surface area (Å²) in [6, 6.07) is 5.44. The molecule has 0 bridgehead atoms. The highest BCUT2D eigenvalue weighted by Crippen LogP contribution is 2.31. The number of benzene rings is 1. The third-order valence-corrected chi connectivity index (χ3v) is 4.09. The maximum absolute atomic E-state index is 6.15. The lowest BCUT2D eigenvalue weighted by molar-refractivity contribution is 0.690. The zero-order chi connectivity index (χ0) is 13.8. The fraction of sp³-hybridized carbons (Fsp3) is 0.214. The Bertz CT molecular complexity index is 585. The van der Waals surface area contributed by atoms with E-state index < -0.39 is 0 Å². The second-order valence-electron chi connectivity index (χ2n) is 4.23. The molecule has 0 radical (unpaired) electrons. The van der Waals surface area contributed by atoms with Gasteiger partial charge in [-0.2, -0.15) is 0 Å². The van der Waals surface area contributed by atoms with Crippen LogP contribution in [0.5, 0.6) is 0 Å². The number of nitrogens with one attached hydrogen (secondary N) is 1. The molecule has 2 aromatic rings. The van der Waals surface area contributed by atoms with E-state index in [1.165, 1.54) is 5.56 Å². The Balaban J connectivity index is 2.04. The first-order valence-corrected chi connectivity index (χ1v) is 6.95. The molecule has 0 fully saturated rings. The highest BCUT2D eigenvalue weighted by molar-refractivity contribution is 6.44. The van der Waals surface area contributed by atoms with Crippen molar-refractivity contribution >= 4 is 34.8 Å². The zero-order valence-electron chi connectivity index (χ0n) is 10.4. The van der Waals surface area contributed by atoms with Gasteiger partial charge in [0.15, 0.2) is 0 Å². The normalized spacial score (nSPS) is 10.7. The monoisotopic (exact) mass is 314 g/mol. The van der Waals surface area contributed by atoms with E-state index >= 15 is 0 Å². The SMILES string of the molecule is Cc1cnccc1CNCc1c(Cl)ccc(Cl)c1Cl. The minimum absolute atomic E-state index is 0.508. The van der Waals surface area contributed by atoms with Crippen LogP contribution in [0.4, 0.5) is 0 Å². The Morgan fingerprint density at radius 2 is 1.79 bits per heavy atom. The Kier molecular flexibility index (Phi) is 5.06. The van der Waals surface area contributed by atoms with Crippen molar-refractivity contribution in [2.45, 2.75) is 20.0 Å². The van der Waals surface area contributed by atoms with E-state index in [-0.39, 0.29) is 0 Å². The second-order valence-corrected chi connectivity index (χ2v) is 5.42. The summed E-state index contributed by atoms with van der Waals surface area (Å²) in [4.78, 5) is 4.06. The number of halogens is 3. The summed E-state index contributed by atoms with van der Waals surface area (Å²) in [5.41, 5.74) is 3.17. The second kappa shape index (κ2) is 6.58. The van der Waals surface area contributed by atoms with Crippen molar-refractivity contribution in [2.24, 2.45) is 0 Å². The standard InChI is InChI=1S/C14H13Cl3N2/c1-9-6-18-5-4-10(9)7-19-8-11-12(15)2-3-13(16)14(11)17/h2-6,19H,7-8H2,1H3. The number of nitrogens with zero attached hydrogens (tertiary/aromatic N) is 1. The average molecular weight is 316 g/mol. The molecule has 0 spiro atoms. The van der Waals surface area contributed by atoms with Crippen LogP contribution in [0.3, 0.4) is 0 Å². The molecule has 5 heteroatoms. The summed E-state index contributed by atoms with van der Waals surface area (Å²) in [6.45, 7) is 3.33. The number of aromatic nitrogens is 1. The van der Waals surface area contributed by atoms with E-state index in [9.17, 15) is 0 Å². The summed E-state index contributed by atoms with van der Waals surface area (Å²) in [5.74, 6) is 0. The van der Waals surface area contributed by atoms with Gasteiger partial charge in [-0.3, -0.25) is 4.98 Å². The quantitative estimate of drug-likeness (QED) is 0.831. The van der Waals surface area contributed by atoms with Crippen molar-refractivity contribution in [1.29, 1.82) is 0 Å². The van der Waals surface area contributed by atoms with E-state index in [1.807, 2.05) is 19.2 Å².